The Bertz CT molecular complexity index is 889. The normalized spacial score (nSPS) is 23.1. The number of H-pyrrole nitrogens is 1. The second kappa shape index (κ2) is 6.55. The van der Waals surface area contributed by atoms with Crippen molar-refractivity contribution in [2.45, 2.75) is 32.6 Å². The topological polar surface area (TPSA) is 79.2 Å². The van der Waals surface area contributed by atoms with Crippen molar-refractivity contribution in [2.24, 2.45) is 18.0 Å². The summed E-state index contributed by atoms with van der Waals surface area (Å²) in [5.41, 5.74) is 4.87. The maximum absolute atomic E-state index is 12.6. The lowest BCUT2D eigenvalue weighted by Crippen LogP contribution is -2.29. The number of aromatic amines is 1. The summed E-state index contributed by atoms with van der Waals surface area (Å²) in [5.74, 6) is 0.598. The van der Waals surface area contributed by atoms with Gasteiger partial charge in [0.25, 0.3) is 5.91 Å². The summed E-state index contributed by atoms with van der Waals surface area (Å²) in [6.45, 7) is 5.44. The Morgan fingerprint density at radius 2 is 2.19 bits per heavy atom. The summed E-state index contributed by atoms with van der Waals surface area (Å²) in [6.07, 6.45) is 8.14. The van der Waals surface area contributed by atoms with E-state index in [-0.39, 0.29) is 11.8 Å². The van der Waals surface area contributed by atoms with Gasteiger partial charge in [-0.3, -0.25) is 19.6 Å². The Morgan fingerprint density at radius 1 is 1.35 bits per heavy atom. The van der Waals surface area contributed by atoms with Gasteiger partial charge in [0.1, 0.15) is 5.69 Å². The SMILES string of the molecule is CC1=NC(C2CCN(C(=O)c3cc(C)[nH]n3)C2)=C[C@H](c2cnn(C)c2)C1. The molecule has 0 saturated carbocycles. The van der Waals surface area contributed by atoms with Crippen molar-refractivity contribution >= 4 is 11.6 Å². The van der Waals surface area contributed by atoms with Crippen LogP contribution < -0.4 is 0 Å². The fourth-order valence-corrected chi connectivity index (χ4v) is 3.84. The number of aliphatic imine (C=N–C) groups is 1. The van der Waals surface area contributed by atoms with E-state index in [0.717, 1.165) is 36.5 Å². The lowest BCUT2D eigenvalue weighted by atomic mass is 9.89. The summed E-state index contributed by atoms with van der Waals surface area (Å²) < 4.78 is 1.84. The van der Waals surface area contributed by atoms with Crippen LogP contribution in [0.25, 0.3) is 0 Å². The highest BCUT2D eigenvalue weighted by Crippen LogP contribution is 2.34. The largest absolute Gasteiger partial charge is 0.337 e. The van der Waals surface area contributed by atoms with Crippen molar-refractivity contribution in [3.63, 3.8) is 0 Å². The molecule has 136 valence electrons. The van der Waals surface area contributed by atoms with E-state index in [9.17, 15) is 4.79 Å². The van der Waals surface area contributed by atoms with Crippen LogP contribution in [0.5, 0.6) is 0 Å². The maximum Gasteiger partial charge on any atom is 0.274 e. The summed E-state index contributed by atoms with van der Waals surface area (Å²) in [4.78, 5) is 19.3. The molecule has 1 unspecified atom stereocenters. The number of rotatable bonds is 3. The van der Waals surface area contributed by atoms with Crippen LogP contribution in [0.4, 0.5) is 0 Å². The van der Waals surface area contributed by atoms with E-state index >= 15 is 0 Å². The van der Waals surface area contributed by atoms with Crippen LogP contribution in [0.1, 0.15) is 47.4 Å². The number of likely N-dealkylation sites (tertiary alicyclic amines) is 1. The minimum absolute atomic E-state index is 0.00206. The van der Waals surface area contributed by atoms with Crippen LogP contribution in [0, 0.1) is 12.8 Å². The molecule has 1 fully saturated rings. The van der Waals surface area contributed by atoms with Gasteiger partial charge in [0.2, 0.25) is 0 Å². The number of hydrogen-bond acceptors (Lipinski definition) is 4. The molecule has 1 N–H and O–H groups in total. The summed E-state index contributed by atoms with van der Waals surface area (Å²) >= 11 is 0. The Labute approximate surface area is 152 Å². The van der Waals surface area contributed by atoms with Crippen molar-refractivity contribution in [3.8, 4) is 0 Å². The monoisotopic (exact) mass is 352 g/mol. The number of allylic oxidation sites excluding steroid dienone is 1. The van der Waals surface area contributed by atoms with Gasteiger partial charge in [0.05, 0.1) is 6.20 Å². The molecule has 4 rings (SSSR count). The number of aromatic nitrogens is 4. The zero-order valence-electron chi connectivity index (χ0n) is 15.4. The third-order valence-electron chi connectivity index (χ3n) is 5.18. The molecule has 0 radical (unpaired) electrons. The number of carbonyl (C=O) groups excluding carboxylic acids is 1. The third-order valence-corrected chi connectivity index (χ3v) is 5.18. The fourth-order valence-electron chi connectivity index (χ4n) is 3.84. The molecule has 1 saturated heterocycles. The molecule has 7 heteroatoms. The van der Waals surface area contributed by atoms with Crippen LogP contribution in [0.15, 0.2) is 35.2 Å². The molecule has 0 aliphatic carbocycles. The van der Waals surface area contributed by atoms with Gasteiger partial charge in [0, 0.05) is 55.3 Å². The average molecular weight is 352 g/mol. The molecule has 2 aliphatic heterocycles. The minimum Gasteiger partial charge on any atom is -0.337 e. The Kier molecular flexibility index (Phi) is 4.22. The first-order chi connectivity index (χ1) is 12.5. The van der Waals surface area contributed by atoms with Crippen LogP contribution in [-0.2, 0) is 7.05 Å². The third kappa shape index (κ3) is 3.21. The van der Waals surface area contributed by atoms with Gasteiger partial charge >= 0.3 is 0 Å². The first-order valence-corrected chi connectivity index (χ1v) is 9.05. The molecule has 0 spiro atoms. The summed E-state index contributed by atoms with van der Waals surface area (Å²) in [5, 5.41) is 11.2. The van der Waals surface area contributed by atoms with Gasteiger partial charge in [-0.2, -0.15) is 10.2 Å². The fraction of sp³-hybridized carbons (Fsp3) is 0.474. The van der Waals surface area contributed by atoms with E-state index in [4.69, 9.17) is 4.99 Å². The molecular weight excluding hydrogens is 328 g/mol. The molecule has 26 heavy (non-hydrogen) atoms. The highest BCUT2D eigenvalue weighted by atomic mass is 16.2. The zero-order chi connectivity index (χ0) is 18.3. The standard InChI is InChI=1S/C19H24N6O/c1-12-6-15(16-9-20-24(3)10-16)8-17(21-12)14-4-5-25(11-14)19(26)18-7-13(2)22-23-18/h7-10,14-15H,4-6,11H2,1-3H3,(H,22,23)/t14?,15-/m1/s1. The quantitative estimate of drug-likeness (QED) is 0.921. The van der Waals surface area contributed by atoms with Crippen molar-refractivity contribution in [1.29, 1.82) is 0 Å². The molecule has 2 aromatic rings. The van der Waals surface area contributed by atoms with Gasteiger partial charge in [-0.15, -0.1) is 0 Å². The predicted molar refractivity (Wildman–Crippen MR) is 99.1 cm³/mol. The molecular formula is C19H24N6O. The first-order valence-electron chi connectivity index (χ1n) is 9.05. The predicted octanol–water partition coefficient (Wildman–Crippen LogP) is 2.45. The van der Waals surface area contributed by atoms with Crippen LogP contribution in [0.3, 0.4) is 0 Å². The number of carbonyl (C=O) groups is 1. The summed E-state index contributed by atoms with van der Waals surface area (Å²) in [7, 11) is 1.94. The van der Waals surface area contributed by atoms with Crippen molar-refractivity contribution in [3.05, 3.63) is 47.2 Å². The van der Waals surface area contributed by atoms with Gasteiger partial charge in [0.15, 0.2) is 0 Å². The molecule has 7 nitrogen and oxygen atoms in total. The van der Waals surface area contributed by atoms with E-state index in [0.29, 0.717) is 18.2 Å². The van der Waals surface area contributed by atoms with Crippen LogP contribution in [-0.4, -0.2) is 49.6 Å². The first kappa shape index (κ1) is 16.8. The van der Waals surface area contributed by atoms with Crippen molar-refractivity contribution < 1.29 is 4.79 Å². The lowest BCUT2D eigenvalue weighted by molar-refractivity contribution is 0.0783. The van der Waals surface area contributed by atoms with E-state index in [1.165, 1.54) is 5.56 Å². The lowest BCUT2D eigenvalue weighted by Gasteiger charge is -2.22. The molecule has 0 bridgehead atoms. The number of aryl methyl sites for hydroxylation is 2. The zero-order valence-corrected chi connectivity index (χ0v) is 15.4. The Morgan fingerprint density at radius 3 is 2.88 bits per heavy atom. The smallest absolute Gasteiger partial charge is 0.274 e. The highest BCUT2D eigenvalue weighted by molar-refractivity contribution is 5.92. The van der Waals surface area contributed by atoms with Crippen molar-refractivity contribution in [1.82, 2.24) is 24.9 Å². The van der Waals surface area contributed by atoms with Crippen molar-refractivity contribution in [2.75, 3.05) is 13.1 Å². The van der Waals surface area contributed by atoms with E-state index < -0.39 is 0 Å². The maximum atomic E-state index is 12.6. The average Bonchev–Trinajstić information content (AvgIpc) is 3.34. The van der Waals surface area contributed by atoms with E-state index in [1.807, 2.05) is 29.7 Å². The van der Waals surface area contributed by atoms with Crippen LogP contribution >= 0.6 is 0 Å². The van der Waals surface area contributed by atoms with Crippen LogP contribution in [0.2, 0.25) is 0 Å². The van der Waals surface area contributed by atoms with Gasteiger partial charge < -0.3 is 4.90 Å². The molecule has 0 aromatic carbocycles. The second-order valence-electron chi connectivity index (χ2n) is 7.37. The van der Waals surface area contributed by atoms with Gasteiger partial charge in [-0.05, 0) is 38.3 Å². The molecule has 2 aromatic heterocycles. The van der Waals surface area contributed by atoms with Gasteiger partial charge in [-0.1, -0.05) is 6.08 Å². The van der Waals surface area contributed by atoms with E-state index in [2.05, 4.69) is 34.5 Å². The van der Waals surface area contributed by atoms with E-state index in [1.54, 1.807) is 6.07 Å². The van der Waals surface area contributed by atoms with Gasteiger partial charge in [-0.25, -0.2) is 0 Å². The Balaban J connectivity index is 1.50. The number of amides is 1. The number of nitrogens with one attached hydrogen (secondary N) is 1. The Hall–Kier alpha value is -2.70. The summed E-state index contributed by atoms with van der Waals surface area (Å²) in [6, 6.07) is 1.80. The number of nitrogens with zero attached hydrogens (tertiary/aromatic N) is 5. The molecule has 4 heterocycles. The molecule has 2 aliphatic rings. The minimum atomic E-state index is -0.00206. The second-order valence-corrected chi connectivity index (χ2v) is 7.37. The molecule has 1 amide bonds. The number of hydrogen-bond donors (Lipinski definition) is 1. The highest BCUT2D eigenvalue weighted by Gasteiger charge is 2.32. The molecule has 2 atom stereocenters.